The molecule has 1 unspecified atom stereocenters. The molecule has 1 amide bonds. The fraction of sp³-hybridized carbons (Fsp3) is 0.667. The van der Waals surface area contributed by atoms with Crippen molar-refractivity contribution >= 4 is 11.7 Å². The van der Waals surface area contributed by atoms with E-state index in [2.05, 4.69) is 15.4 Å². The molecule has 1 saturated heterocycles. The van der Waals surface area contributed by atoms with Gasteiger partial charge in [0, 0.05) is 6.07 Å². The van der Waals surface area contributed by atoms with E-state index in [1.807, 2.05) is 6.92 Å². The molecule has 0 bridgehead atoms. The molecule has 0 aromatic carbocycles. The van der Waals surface area contributed by atoms with Crippen LogP contribution in [0.3, 0.4) is 0 Å². The molecule has 0 aliphatic carbocycles. The lowest BCUT2D eigenvalue weighted by atomic mass is 10.2. The maximum Gasteiger partial charge on any atom is 0.242 e. The minimum absolute atomic E-state index is 0.0164. The summed E-state index contributed by atoms with van der Waals surface area (Å²) >= 11 is 0. The summed E-state index contributed by atoms with van der Waals surface area (Å²) in [6, 6.07) is 1.68. The van der Waals surface area contributed by atoms with Gasteiger partial charge < -0.3 is 9.84 Å². The van der Waals surface area contributed by atoms with E-state index >= 15 is 0 Å². The summed E-state index contributed by atoms with van der Waals surface area (Å²) in [6.45, 7) is 5.88. The molecule has 2 rings (SSSR count). The van der Waals surface area contributed by atoms with Gasteiger partial charge in [-0.15, -0.1) is 0 Å². The molecule has 1 aromatic heterocycles. The summed E-state index contributed by atoms with van der Waals surface area (Å²) < 4.78 is 4.93. The number of amides is 1. The highest BCUT2D eigenvalue weighted by Crippen LogP contribution is 2.16. The summed E-state index contributed by atoms with van der Waals surface area (Å²) in [5.74, 6) is 1.22. The third-order valence-corrected chi connectivity index (χ3v) is 3.15. The predicted octanol–water partition coefficient (Wildman–Crippen LogP) is 1.80. The standard InChI is InChI=1S/C12H19N3O2/c1-3-10(15-6-4-5-7-15)12(16)13-11-8-9(2)17-14-11/h8,10H,3-7H2,1-2H3,(H,13,14,16). The zero-order valence-electron chi connectivity index (χ0n) is 10.4. The lowest BCUT2D eigenvalue weighted by Gasteiger charge is -2.24. The van der Waals surface area contributed by atoms with Gasteiger partial charge >= 0.3 is 0 Å². The van der Waals surface area contributed by atoms with Crippen LogP contribution in [0.15, 0.2) is 10.6 Å². The summed E-state index contributed by atoms with van der Waals surface area (Å²) in [7, 11) is 0. The van der Waals surface area contributed by atoms with E-state index in [1.54, 1.807) is 13.0 Å². The normalized spacial score (nSPS) is 18.2. The van der Waals surface area contributed by atoms with E-state index in [1.165, 1.54) is 12.8 Å². The molecule has 0 saturated carbocycles. The SMILES string of the molecule is CCC(C(=O)Nc1cc(C)on1)N1CCCC1. The number of anilines is 1. The minimum atomic E-state index is -0.0468. The first kappa shape index (κ1) is 12.1. The second-order valence-electron chi connectivity index (χ2n) is 4.48. The van der Waals surface area contributed by atoms with Crippen molar-refractivity contribution in [3.8, 4) is 0 Å². The molecular weight excluding hydrogens is 218 g/mol. The molecule has 5 nitrogen and oxygen atoms in total. The minimum Gasteiger partial charge on any atom is -0.360 e. The Hall–Kier alpha value is -1.36. The molecule has 1 N–H and O–H groups in total. The van der Waals surface area contributed by atoms with Gasteiger partial charge in [-0.05, 0) is 39.3 Å². The predicted molar refractivity (Wildman–Crippen MR) is 64.8 cm³/mol. The number of nitrogens with one attached hydrogen (secondary N) is 1. The Kier molecular flexibility index (Phi) is 3.78. The molecule has 1 atom stereocenters. The van der Waals surface area contributed by atoms with Crippen LogP contribution >= 0.6 is 0 Å². The molecule has 1 aliphatic rings. The van der Waals surface area contributed by atoms with E-state index in [0.29, 0.717) is 11.6 Å². The Morgan fingerprint density at radius 2 is 2.29 bits per heavy atom. The van der Waals surface area contributed by atoms with Crippen LogP contribution in [0.1, 0.15) is 31.9 Å². The fourth-order valence-electron chi connectivity index (χ4n) is 2.30. The Bertz CT molecular complexity index is 383. The van der Waals surface area contributed by atoms with Crippen molar-refractivity contribution in [3.05, 3.63) is 11.8 Å². The van der Waals surface area contributed by atoms with Crippen molar-refractivity contribution in [2.45, 2.75) is 39.2 Å². The van der Waals surface area contributed by atoms with Crippen LogP contribution in [0.5, 0.6) is 0 Å². The van der Waals surface area contributed by atoms with Crippen LogP contribution in [-0.4, -0.2) is 35.1 Å². The van der Waals surface area contributed by atoms with Crippen LogP contribution < -0.4 is 5.32 Å². The number of likely N-dealkylation sites (tertiary alicyclic amines) is 1. The highest BCUT2D eigenvalue weighted by molar-refractivity contribution is 5.94. The molecule has 0 radical (unpaired) electrons. The molecule has 0 spiro atoms. The van der Waals surface area contributed by atoms with E-state index in [-0.39, 0.29) is 11.9 Å². The average molecular weight is 237 g/mol. The monoisotopic (exact) mass is 237 g/mol. The number of carbonyl (C=O) groups excluding carboxylic acids is 1. The van der Waals surface area contributed by atoms with Gasteiger partial charge in [-0.2, -0.15) is 0 Å². The summed E-state index contributed by atoms with van der Waals surface area (Å²) in [5, 5.41) is 6.58. The third kappa shape index (κ3) is 2.85. The van der Waals surface area contributed by atoms with Crippen LogP contribution in [-0.2, 0) is 4.79 Å². The highest BCUT2D eigenvalue weighted by Gasteiger charge is 2.26. The zero-order chi connectivity index (χ0) is 12.3. The van der Waals surface area contributed by atoms with E-state index < -0.39 is 0 Å². The van der Waals surface area contributed by atoms with Crippen LogP contribution in [0.2, 0.25) is 0 Å². The first-order chi connectivity index (χ1) is 8.20. The van der Waals surface area contributed by atoms with Gasteiger partial charge in [-0.1, -0.05) is 12.1 Å². The molecule has 2 heterocycles. The molecular formula is C12H19N3O2. The number of carbonyl (C=O) groups is 1. The Balaban J connectivity index is 1.97. The van der Waals surface area contributed by atoms with Crippen molar-refractivity contribution in [1.82, 2.24) is 10.1 Å². The third-order valence-electron chi connectivity index (χ3n) is 3.15. The van der Waals surface area contributed by atoms with Crippen molar-refractivity contribution in [2.24, 2.45) is 0 Å². The maximum atomic E-state index is 12.1. The molecule has 1 aromatic rings. The van der Waals surface area contributed by atoms with Gasteiger partial charge in [0.25, 0.3) is 0 Å². The van der Waals surface area contributed by atoms with Gasteiger partial charge in [0.1, 0.15) is 5.76 Å². The summed E-state index contributed by atoms with van der Waals surface area (Å²) in [4.78, 5) is 14.3. The molecule has 5 heteroatoms. The summed E-state index contributed by atoms with van der Waals surface area (Å²) in [5.41, 5.74) is 0. The highest BCUT2D eigenvalue weighted by atomic mass is 16.5. The second-order valence-corrected chi connectivity index (χ2v) is 4.48. The topological polar surface area (TPSA) is 58.4 Å². The van der Waals surface area contributed by atoms with Crippen molar-refractivity contribution in [2.75, 3.05) is 18.4 Å². The molecule has 1 fully saturated rings. The summed E-state index contributed by atoms with van der Waals surface area (Å²) in [6.07, 6.45) is 3.20. The molecule has 17 heavy (non-hydrogen) atoms. The Morgan fingerprint density at radius 1 is 1.59 bits per heavy atom. The van der Waals surface area contributed by atoms with E-state index in [4.69, 9.17) is 4.52 Å². The van der Waals surface area contributed by atoms with E-state index in [9.17, 15) is 4.79 Å². The average Bonchev–Trinajstić information content (AvgIpc) is 2.92. The first-order valence-corrected chi connectivity index (χ1v) is 6.19. The van der Waals surface area contributed by atoms with Crippen molar-refractivity contribution in [1.29, 1.82) is 0 Å². The number of nitrogens with zero attached hydrogens (tertiary/aromatic N) is 2. The smallest absolute Gasteiger partial charge is 0.242 e. The van der Waals surface area contributed by atoms with Crippen LogP contribution in [0, 0.1) is 6.92 Å². The van der Waals surface area contributed by atoms with Gasteiger partial charge in [-0.3, -0.25) is 9.69 Å². The number of hydrogen-bond acceptors (Lipinski definition) is 4. The van der Waals surface area contributed by atoms with E-state index in [0.717, 1.165) is 19.5 Å². The first-order valence-electron chi connectivity index (χ1n) is 6.19. The number of aryl methyl sites for hydroxylation is 1. The lowest BCUT2D eigenvalue weighted by molar-refractivity contribution is -0.121. The number of rotatable bonds is 4. The second kappa shape index (κ2) is 5.31. The lowest BCUT2D eigenvalue weighted by Crippen LogP contribution is -2.42. The van der Waals surface area contributed by atoms with Gasteiger partial charge in [0.15, 0.2) is 5.82 Å². The number of aromatic nitrogens is 1. The largest absolute Gasteiger partial charge is 0.360 e. The zero-order valence-corrected chi connectivity index (χ0v) is 10.4. The fourth-order valence-corrected chi connectivity index (χ4v) is 2.30. The van der Waals surface area contributed by atoms with Gasteiger partial charge in [-0.25, -0.2) is 0 Å². The number of hydrogen-bond donors (Lipinski definition) is 1. The van der Waals surface area contributed by atoms with Crippen molar-refractivity contribution < 1.29 is 9.32 Å². The Labute approximate surface area is 101 Å². The Morgan fingerprint density at radius 3 is 2.82 bits per heavy atom. The van der Waals surface area contributed by atoms with Gasteiger partial charge in [0.05, 0.1) is 6.04 Å². The van der Waals surface area contributed by atoms with Gasteiger partial charge in [0.2, 0.25) is 5.91 Å². The van der Waals surface area contributed by atoms with Crippen LogP contribution in [0.4, 0.5) is 5.82 Å². The maximum absolute atomic E-state index is 12.1. The molecule has 94 valence electrons. The van der Waals surface area contributed by atoms with Crippen LogP contribution in [0.25, 0.3) is 0 Å². The quantitative estimate of drug-likeness (QED) is 0.867. The molecule has 1 aliphatic heterocycles. The van der Waals surface area contributed by atoms with Crippen molar-refractivity contribution in [3.63, 3.8) is 0 Å².